The Morgan fingerprint density at radius 3 is 2.59 bits per heavy atom. The van der Waals surface area contributed by atoms with Crippen molar-refractivity contribution < 1.29 is 8.42 Å². The maximum absolute atomic E-state index is 14.0. The minimum atomic E-state index is -3.61. The molecule has 6 rings (SSSR count). The summed E-state index contributed by atoms with van der Waals surface area (Å²) >= 11 is 1.57. The van der Waals surface area contributed by atoms with Gasteiger partial charge in [-0.05, 0) is 73.7 Å². The average molecular weight is 536 g/mol. The van der Waals surface area contributed by atoms with Gasteiger partial charge in [0.25, 0.3) is 0 Å². The van der Waals surface area contributed by atoms with Crippen molar-refractivity contribution >= 4 is 48.4 Å². The Bertz CT molecular complexity index is 1480. The quantitative estimate of drug-likeness (QED) is 0.347. The van der Waals surface area contributed by atoms with Crippen LogP contribution in [0.4, 0.5) is 5.82 Å². The summed E-state index contributed by atoms with van der Waals surface area (Å²) in [6.07, 6.45) is 6.58. The van der Waals surface area contributed by atoms with Crippen LogP contribution >= 0.6 is 11.5 Å². The minimum Gasteiger partial charge on any atom is -0.353 e. The van der Waals surface area contributed by atoms with Crippen LogP contribution in [0.2, 0.25) is 0 Å². The lowest BCUT2D eigenvalue weighted by Gasteiger charge is -2.36. The van der Waals surface area contributed by atoms with Crippen LogP contribution in [0.3, 0.4) is 0 Å². The molecule has 0 amide bonds. The Balaban J connectivity index is 1.14. The van der Waals surface area contributed by atoms with E-state index in [0.29, 0.717) is 16.8 Å². The lowest BCUT2D eigenvalue weighted by atomic mass is 10.1. The van der Waals surface area contributed by atoms with Crippen LogP contribution in [0.15, 0.2) is 65.7 Å². The van der Waals surface area contributed by atoms with E-state index in [1.54, 1.807) is 34.2 Å². The second-order valence-corrected chi connectivity index (χ2v) is 12.7. The number of sulfonamides is 1. The van der Waals surface area contributed by atoms with Gasteiger partial charge in [0.05, 0.1) is 15.1 Å². The number of hydrogen-bond donors (Lipinski definition) is 0. The fourth-order valence-electron chi connectivity index (χ4n) is 5.80. The summed E-state index contributed by atoms with van der Waals surface area (Å²) in [5, 5.41) is 1.95. The zero-order valence-electron chi connectivity index (χ0n) is 21.0. The molecular weight excluding hydrogens is 502 g/mol. The van der Waals surface area contributed by atoms with Crippen molar-refractivity contribution in [2.24, 2.45) is 0 Å². The molecule has 2 aromatic heterocycles. The Kier molecular flexibility index (Phi) is 7.12. The van der Waals surface area contributed by atoms with E-state index in [0.717, 1.165) is 76.2 Å². The molecule has 194 valence electrons. The van der Waals surface area contributed by atoms with Gasteiger partial charge >= 0.3 is 0 Å². The molecule has 2 aliphatic rings. The molecule has 0 bridgehead atoms. The normalized spacial score (nSPS) is 20.4. The highest BCUT2D eigenvalue weighted by molar-refractivity contribution is 7.89. The maximum Gasteiger partial charge on any atom is 0.243 e. The molecule has 0 radical (unpaired) electrons. The zero-order chi connectivity index (χ0) is 25.2. The summed E-state index contributed by atoms with van der Waals surface area (Å²) in [4.78, 5) is 9.65. The van der Waals surface area contributed by atoms with E-state index in [2.05, 4.69) is 39.0 Å². The lowest BCUT2D eigenvalue weighted by Crippen LogP contribution is -2.48. The van der Waals surface area contributed by atoms with E-state index < -0.39 is 10.0 Å². The number of rotatable bonds is 6. The first-order valence-corrected chi connectivity index (χ1v) is 15.5. The smallest absolute Gasteiger partial charge is 0.243 e. The van der Waals surface area contributed by atoms with Gasteiger partial charge in [-0.15, -0.1) is 0 Å². The third-order valence-electron chi connectivity index (χ3n) is 7.82. The Morgan fingerprint density at radius 1 is 0.865 bits per heavy atom. The van der Waals surface area contributed by atoms with Crippen LogP contribution in [0.1, 0.15) is 32.1 Å². The number of fused-ring (bicyclic) bond motifs is 2. The minimum absolute atomic E-state index is 0.0277. The third kappa shape index (κ3) is 4.97. The summed E-state index contributed by atoms with van der Waals surface area (Å²) in [5.74, 6) is 1.10. The van der Waals surface area contributed by atoms with Crippen LogP contribution in [0.5, 0.6) is 0 Å². The first-order chi connectivity index (χ1) is 18.1. The van der Waals surface area contributed by atoms with Crippen LogP contribution in [0.25, 0.3) is 21.0 Å². The highest BCUT2D eigenvalue weighted by atomic mass is 32.2. The molecule has 1 atom stereocenters. The number of anilines is 1. The van der Waals surface area contributed by atoms with Crippen LogP contribution < -0.4 is 4.90 Å². The molecular formula is C28H33N5O2S2. The molecule has 9 heteroatoms. The van der Waals surface area contributed by atoms with Crippen LogP contribution in [-0.4, -0.2) is 72.3 Å². The van der Waals surface area contributed by atoms with E-state index in [9.17, 15) is 8.42 Å². The molecule has 7 nitrogen and oxygen atoms in total. The van der Waals surface area contributed by atoms with Gasteiger partial charge < -0.3 is 4.90 Å². The largest absolute Gasteiger partial charge is 0.353 e. The molecule has 4 aromatic rings. The highest BCUT2D eigenvalue weighted by Crippen LogP contribution is 2.32. The summed E-state index contributed by atoms with van der Waals surface area (Å²) in [6.45, 7) is 5.35. The first-order valence-electron chi connectivity index (χ1n) is 13.3. The molecule has 0 unspecified atom stereocenters. The average Bonchev–Trinajstić information content (AvgIpc) is 3.21. The maximum atomic E-state index is 14.0. The summed E-state index contributed by atoms with van der Waals surface area (Å²) in [6, 6.07) is 17.6. The van der Waals surface area contributed by atoms with Crippen molar-refractivity contribution in [1.29, 1.82) is 0 Å². The van der Waals surface area contributed by atoms with Crippen molar-refractivity contribution in [3.05, 3.63) is 60.8 Å². The van der Waals surface area contributed by atoms with Gasteiger partial charge in [-0.25, -0.2) is 8.42 Å². The number of hydrogen-bond acceptors (Lipinski definition) is 7. The second kappa shape index (κ2) is 10.6. The number of benzene rings is 2. The molecule has 37 heavy (non-hydrogen) atoms. The van der Waals surface area contributed by atoms with Gasteiger partial charge in [0, 0.05) is 55.7 Å². The zero-order valence-corrected chi connectivity index (χ0v) is 22.6. The fraction of sp³-hybridized carbons (Fsp3) is 0.429. The van der Waals surface area contributed by atoms with Gasteiger partial charge in [-0.3, -0.25) is 9.88 Å². The molecule has 2 aromatic carbocycles. The van der Waals surface area contributed by atoms with Crippen molar-refractivity contribution in [2.45, 2.75) is 43.0 Å². The van der Waals surface area contributed by atoms with E-state index in [1.165, 1.54) is 10.1 Å². The van der Waals surface area contributed by atoms with Crippen molar-refractivity contribution in [1.82, 2.24) is 18.6 Å². The van der Waals surface area contributed by atoms with Crippen LogP contribution in [-0.2, 0) is 10.0 Å². The lowest BCUT2D eigenvalue weighted by molar-refractivity contribution is 0.218. The highest BCUT2D eigenvalue weighted by Gasteiger charge is 2.34. The van der Waals surface area contributed by atoms with E-state index in [-0.39, 0.29) is 6.04 Å². The van der Waals surface area contributed by atoms with Crippen LogP contribution in [0, 0.1) is 0 Å². The summed E-state index contributed by atoms with van der Waals surface area (Å²) in [5.41, 5.74) is 0.723. The van der Waals surface area contributed by atoms with Gasteiger partial charge in [-0.1, -0.05) is 31.0 Å². The fourth-order valence-corrected chi connectivity index (χ4v) is 8.52. The van der Waals surface area contributed by atoms with E-state index in [1.807, 2.05) is 18.2 Å². The Labute approximate surface area is 222 Å². The van der Waals surface area contributed by atoms with Gasteiger partial charge in [0.15, 0.2) is 0 Å². The summed E-state index contributed by atoms with van der Waals surface area (Å²) in [7, 11) is -3.61. The third-order valence-corrected chi connectivity index (χ3v) is 10.7. The van der Waals surface area contributed by atoms with Crippen molar-refractivity contribution in [3.8, 4) is 0 Å². The first kappa shape index (κ1) is 24.7. The Morgan fingerprint density at radius 2 is 1.70 bits per heavy atom. The predicted octanol–water partition coefficient (Wildman–Crippen LogP) is 4.99. The molecule has 2 fully saturated rings. The SMILES string of the molecule is O=S(=O)(c1cccc2ncccc12)N1CCCCC[C@@H]1CCN1CCN(c2nsc3ccccc23)CC1. The molecule has 4 heterocycles. The van der Waals surface area contributed by atoms with Gasteiger partial charge in [-0.2, -0.15) is 8.68 Å². The van der Waals surface area contributed by atoms with Crippen molar-refractivity contribution in [3.63, 3.8) is 0 Å². The van der Waals surface area contributed by atoms with E-state index >= 15 is 0 Å². The molecule has 0 N–H and O–H groups in total. The van der Waals surface area contributed by atoms with Gasteiger partial charge in [0.2, 0.25) is 10.0 Å². The monoisotopic (exact) mass is 535 g/mol. The molecule has 2 saturated heterocycles. The standard InChI is InChI=1S/C28H33N5O2S2/c34-37(35,27-13-6-11-25-23(27)10-7-15-29-25)33-16-5-1-2-8-22(33)14-17-31-18-20-32(21-19-31)28-24-9-3-4-12-26(24)36-30-28/h3-4,6-7,9-13,15,22H,1-2,5,8,14,16-21H2/t22-/m1/s1. The van der Waals surface area contributed by atoms with Gasteiger partial charge in [0.1, 0.15) is 5.82 Å². The Hall–Kier alpha value is -2.59. The number of piperazine rings is 1. The number of nitrogens with zero attached hydrogens (tertiary/aromatic N) is 5. The van der Waals surface area contributed by atoms with E-state index in [4.69, 9.17) is 4.37 Å². The predicted molar refractivity (Wildman–Crippen MR) is 151 cm³/mol. The summed E-state index contributed by atoms with van der Waals surface area (Å²) < 4.78 is 35.7. The molecule has 2 aliphatic heterocycles. The van der Waals surface area contributed by atoms with Crippen molar-refractivity contribution in [2.75, 3.05) is 44.2 Å². The number of aromatic nitrogens is 2. The second-order valence-electron chi connectivity index (χ2n) is 10.1. The molecule has 0 spiro atoms. The molecule has 0 saturated carbocycles. The molecule has 0 aliphatic carbocycles. The number of pyridine rings is 1. The topological polar surface area (TPSA) is 69.6 Å².